The molecule has 5 nitrogen and oxygen atoms in total. The first kappa shape index (κ1) is 15.0. The first-order valence-electron chi connectivity index (χ1n) is 6.51. The maximum absolute atomic E-state index is 12.5. The van der Waals surface area contributed by atoms with Gasteiger partial charge in [-0.05, 0) is 32.9 Å². The predicted molar refractivity (Wildman–Crippen MR) is 74.8 cm³/mol. The van der Waals surface area contributed by atoms with E-state index in [9.17, 15) is 4.79 Å². The smallest absolute Gasteiger partial charge is 0.257 e. The van der Waals surface area contributed by atoms with E-state index in [-0.39, 0.29) is 11.8 Å². The minimum Gasteiger partial charge on any atom is -0.370 e. The van der Waals surface area contributed by atoms with Gasteiger partial charge >= 0.3 is 0 Å². The zero-order chi connectivity index (χ0) is 14.3. The van der Waals surface area contributed by atoms with Crippen LogP contribution in [0, 0.1) is 17.2 Å². The number of nitrogens with one attached hydrogen (secondary N) is 1. The molecular weight excluding hydrogens is 240 g/mol. The molecule has 0 aromatic carbocycles. The second-order valence-corrected chi connectivity index (χ2v) is 4.30. The highest BCUT2D eigenvalue weighted by molar-refractivity contribution is 5.98. The SMILES string of the molecule is CCNc1ncccc1C(=O)N(CC)CC(C)C#N. The van der Waals surface area contributed by atoms with Crippen LogP contribution in [0.15, 0.2) is 18.3 Å². The molecule has 0 bridgehead atoms. The van der Waals surface area contributed by atoms with E-state index >= 15 is 0 Å². The number of amides is 1. The zero-order valence-corrected chi connectivity index (χ0v) is 11.7. The lowest BCUT2D eigenvalue weighted by Gasteiger charge is -2.23. The first-order valence-corrected chi connectivity index (χ1v) is 6.51. The van der Waals surface area contributed by atoms with Gasteiger partial charge in [-0.15, -0.1) is 0 Å². The fraction of sp³-hybridized carbons (Fsp3) is 0.500. The Labute approximate surface area is 114 Å². The molecule has 0 aliphatic carbocycles. The van der Waals surface area contributed by atoms with E-state index in [1.54, 1.807) is 23.2 Å². The maximum Gasteiger partial charge on any atom is 0.257 e. The van der Waals surface area contributed by atoms with Gasteiger partial charge < -0.3 is 10.2 Å². The van der Waals surface area contributed by atoms with Gasteiger partial charge in [0.05, 0.1) is 17.6 Å². The second-order valence-electron chi connectivity index (χ2n) is 4.30. The number of pyridine rings is 1. The highest BCUT2D eigenvalue weighted by atomic mass is 16.2. The van der Waals surface area contributed by atoms with Crippen molar-refractivity contribution in [3.63, 3.8) is 0 Å². The van der Waals surface area contributed by atoms with E-state index in [1.807, 2.05) is 20.8 Å². The molecule has 1 heterocycles. The average molecular weight is 260 g/mol. The molecule has 1 N–H and O–H groups in total. The van der Waals surface area contributed by atoms with E-state index in [0.29, 0.717) is 31.0 Å². The third-order valence-corrected chi connectivity index (χ3v) is 2.77. The number of nitrogens with zero attached hydrogens (tertiary/aromatic N) is 3. The van der Waals surface area contributed by atoms with Gasteiger partial charge in [-0.1, -0.05) is 0 Å². The zero-order valence-electron chi connectivity index (χ0n) is 11.7. The van der Waals surface area contributed by atoms with Crippen molar-refractivity contribution in [3.05, 3.63) is 23.9 Å². The van der Waals surface area contributed by atoms with Crippen LogP contribution in [0.1, 0.15) is 31.1 Å². The van der Waals surface area contributed by atoms with Crippen LogP contribution >= 0.6 is 0 Å². The Morgan fingerprint density at radius 3 is 2.89 bits per heavy atom. The number of hydrogen-bond donors (Lipinski definition) is 1. The summed E-state index contributed by atoms with van der Waals surface area (Å²) in [7, 11) is 0. The Balaban J connectivity index is 2.94. The first-order chi connectivity index (χ1) is 9.13. The van der Waals surface area contributed by atoms with E-state index in [0.717, 1.165) is 0 Å². The maximum atomic E-state index is 12.5. The Morgan fingerprint density at radius 2 is 2.32 bits per heavy atom. The molecule has 1 aromatic rings. The molecule has 0 saturated carbocycles. The third kappa shape index (κ3) is 3.95. The van der Waals surface area contributed by atoms with Gasteiger partial charge in [-0.2, -0.15) is 5.26 Å². The summed E-state index contributed by atoms with van der Waals surface area (Å²) in [5.74, 6) is 0.329. The van der Waals surface area contributed by atoms with Crippen molar-refractivity contribution in [1.29, 1.82) is 5.26 Å². The van der Waals surface area contributed by atoms with Crippen molar-refractivity contribution in [1.82, 2.24) is 9.88 Å². The number of nitriles is 1. The van der Waals surface area contributed by atoms with Crippen molar-refractivity contribution in [2.75, 3.05) is 25.0 Å². The molecule has 1 aromatic heterocycles. The van der Waals surface area contributed by atoms with E-state index < -0.39 is 0 Å². The lowest BCUT2D eigenvalue weighted by molar-refractivity contribution is 0.0753. The van der Waals surface area contributed by atoms with Crippen LogP contribution in [-0.2, 0) is 0 Å². The molecular formula is C14H20N4O. The monoisotopic (exact) mass is 260 g/mol. The van der Waals surface area contributed by atoms with E-state index in [1.165, 1.54) is 0 Å². The molecule has 102 valence electrons. The summed E-state index contributed by atoms with van der Waals surface area (Å²) >= 11 is 0. The van der Waals surface area contributed by atoms with Gasteiger partial charge in [-0.3, -0.25) is 4.79 Å². The minimum absolute atomic E-state index is 0.0892. The molecule has 0 saturated heterocycles. The summed E-state index contributed by atoms with van der Waals surface area (Å²) in [5, 5.41) is 11.9. The highest BCUT2D eigenvalue weighted by Gasteiger charge is 2.19. The molecule has 1 rings (SSSR count). The number of carbonyl (C=O) groups is 1. The lowest BCUT2D eigenvalue weighted by atomic mass is 10.1. The van der Waals surface area contributed by atoms with Crippen molar-refractivity contribution >= 4 is 11.7 Å². The Kier molecular flexibility index (Phi) is 5.80. The fourth-order valence-electron chi connectivity index (χ4n) is 1.78. The standard InChI is InChI=1S/C14H20N4O/c1-4-16-13-12(7-6-8-17-13)14(19)18(5-2)10-11(3)9-15/h6-8,11H,4-5,10H2,1-3H3,(H,16,17). The molecule has 0 fully saturated rings. The number of anilines is 1. The largest absolute Gasteiger partial charge is 0.370 e. The number of rotatable bonds is 6. The molecule has 19 heavy (non-hydrogen) atoms. The van der Waals surface area contributed by atoms with Crippen LogP contribution in [0.3, 0.4) is 0 Å². The van der Waals surface area contributed by atoms with Crippen molar-refractivity contribution < 1.29 is 4.79 Å². The lowest BCUT2D eigenvalue weighted by Crippen LogP contribution is -2.34. The third-order valence-electron chi connectivity index (χ3n) is 2.77. The molecule has 1 amide bonds. The van der Waals surface area contributed by atoms with Gasteiger partial charge in [0, 0.05) is 25.8 Å². The van der Waals surface area contributed by atoms with Crippen molar-refractivity contribution in [3.8, 4) is 6.07 Å². The average Bonchev–Trinajstić information content (AvgIpc) is 2.44. The van der Waals surface area contributed by atoms with Crippen LogP contribution in [0.5, 0.6) is 0 Å². The molecule has 5 heteroatoms. The fourth-order valence-corrected chi connectivity index (χ4v) is 1.78. The van der Waals surface area contributed by atoms with Crippen LogP contribution in [0.2, 0.25) is 0 Å². The number of aromatic nitrogens is 1. The molecule has 0 spiro atoms. The summed E-state index contributed by atoms with van der Waals surface area (Å²) in [6.07, 6.45) is 1.66. The van der Waals surface area contributed by atoms with Gasteiger partial charge in [-0.25, -0.2) is 4.98 Å². The van der Waals surface area contributed by atoms with Crippen LogP contribution < -0.4 is 5.32 Å². The topological polar surface area (TPSA) is 69.0 Å². The van der Waals surface area contributed by atoms with E-state index in [2.05, 4.69) is 16.4 Å². The summed E-state index contributed by atoms with van der Waals surface area (Å²) < 4.78 is 0. The molecule has 1 unspecified atom stereocenters. The summed E-state index contributed by atoms with van der Waals surface area (Å²) in [5.41, 5.74) is 0.552. The number of hydrogen-bond acceptors (Lipinski definition) is 4. The quantitative estimate of drug-likeness (QED) is 0.850. The van der Waals surface area contributed by atoms with Gasteiger partial charge in [0.15, 0.2) is 0 Å². The highest BCUT2D eigenvalue weighted by Crippen LogP contribution is 2.15. The summed E-state index contributed by atoms with van der Waals surface area (Å²) in [4.78, 5) is 18.3. The Hall–Kier alpha value is -2.09. The van der Waals surface area contributed by atoms with Gasteiger partial charge in [0.2, 0.25) is 0 Å². The minimum atomic E-state index is -0.178. The molecule has 0 radical (unpaired) electrons. The van der Waals surface area contributed by atoms with Crippen LogP contribution in [-0.4, -0.2) is 35.4 Å². The summed E-state index contributed by atoms with van der Waals surface area (Å²) in [6, 6.07) is 5.65. The summed E-state index contributed by atoms with van der Waals surface area (Å²) in [6.45, 7) is 7.39. The van der Waals surface area contributed by atoms with Crippen molar-refractivity contribution in [2.45, 2.75) is 20.8 Å². The van der Waals surface area contributed by atoms with Crippen molar-refractivity contribution in [2.24, 2.45) is 5.92 Å². The van der Waals surface area contributed by atoms with Gasteiger partial charge in [0.1, 0.15) is 5.82 Å². The Morgan fingerprint density at radius 1 is 1.58 bits per heavy atom. The number of carbonyl (C=O) groups excluding carboxylic acids is 1. The van der Waals surface area contributed by atoms with Crippen LogP contribution in [0.25, 0.3) is 0 Å². The predicted octanol–water partition coefficient (Wildman–Crippen LogP) is 2.14. The van der Waals surface area contributed by atoms with E-state index in [4.69, 9.17) is 5.26 Å². The second kappa shape index (κ2) is 7.37. The van der Waals surface area contributed by atoms with Gasteiger partial charge in [0.25, 0.3) is 5.91 Å². The molecule has 0 aliphatic heterocycles. The Bertz CT molecular complexity index is 467. The van der Waals surface area contributed by atoms with Crippen LogP contribution in [0.4, 0.5) is 5.82 Å². The molecule has 0 aliphatic rings. The normalized spacial score (nSPS) is 11.5. The molecule has 1 atom stereocenters.